The number of ether oxygens (including phenoxy) is 1. The zero-order chi connectivity index (χ0) is 20.5. The summed E-state index contributed by atoms with van der Waals surface area (Å²) in [6, 6.07) is 10.4. The Morgan fingerprint density at radius 2 is 1.97 bits per heavy atom. The third kappa shape index (κ3) is 3.72. The van der Waals surface area contributed by atoms with E-state index >= 15 is 0 Å². The van der Waals surface area contributed by atoms with Crippen molar-refractivity contribution in [3.05, 3.63) is 90.3 Å². The number of benzene rings is 2. The fourth-order valence-corrected chi connectivity index (χ4v) is 3.69. The molecule has 2 aromatic heterocycles. The Labute approximate surface area is 167 Å². The summed E-state index contributed by atoms with van der Waals surface area (Å²) in [7, 11) is 1.43. The number of halogens is 1. The van der Waals surface area contributed by atoms with E-state index in [-0.39, 0.29) is 34.4 Å². The van der Waals surface area contributed by atoms with Crippen molar-refractivity contribution in [2.45, 2.75) is 6.42 Å². The van der Waals surface area contributed by atoms with Gasteiger partial charge in [-0.1, -0.05) is 29.5 Å². The third-order valence-electron chi connectivity index (χ3n) is 4.24. The van der Waals surface area contributed by atoms with Gasteiger partial charge in [-0.25, -0.2) is 4.39 Å². The van der Waals surface area contributed by atoms with E-state index in [0.29, 0.717) is 15.7 Å². The van der Waals surface area contributed by atoms with E-state index in [1.54, 1.807) is 30.3 Å². The van der Waals surface area contributed by atoms with Crippen molar-refractivity contribution in [2.75, 3.05) is 7.11 Å². The molecule has 0 fully saturated rings. The predicted molar refractivity (Wildman–Crippen MR) is 106 cm³/mol. The Bertz CT molecular complexity index is 1380. The van der Waals surface area contributed by atoms with E-state index in [2.05, 4.69) is 10.1 Å². The summed E-state index contributed by atoms with van der Waals surface area (Å²) in [6.07, 6.45) is 1.74. The molecule has 0 atom stereocenters. The molecule has 9 heteroatoms. The van der Waals surface area contributed by atoms with Crippen molar-refractivity contribution in [1.29, 1.82) is 0 Å². The first-order chi connectivity index (χ1) is 13.9. The molecule has 2 aromatic carbocycles. The summed E-state index contributed by atoms with van der Waals surface area (Å²) in [5, 5.41) is 13.9. The normalized spacial score (nSPS) is 11.9. The molecule has 0 saturated carbocycles. The summed E-state index contributed by atoms with van der Waals surface area (Å²) in [6.45, 7) is 0. The molecule has 4 aromatic rings. The SMILES string of the molecule is COc1cc(C=c2sc3nc(=O)c(Cc4ccc(F)cc4)nn3c2=O)ccc1O. The minimum Gasteiger partial charge on any atom is -0.504 e. The monoisotopic (exact) mass is 411 g/mol. The Morgan fingerprint density at radius 1 is 1.21 bits per heavy atom. The molecule has 0 aliphatic rings. The highest BCUT2D eigenvalue weighted by molar-refractivity contribution is 7.15. The molecule has 29 heavy (non-hydrogen) atoms. The first kappa shape index (κ1) is 18.8. The van der Waals surface area contributed by atoms with Crippen LogP contribution >= 0.6 is 11.3 Å². The fraction of sp³-hybridized carbons (Fsp3) is 0.100. The van der Waals surface area contributed by atoms with Crippen molar-refractivity contribution in [3.8, 4) is 11.5 Å². The second-order valence-corrected chi connectivity index (χ2v) is 7.22. The van der Waals surface area contributed by atoms with Crippen LogP contribution in [-0.2, 0) is 6.42 Å². The second-order valence-electron chi connectivity index (χ2n) is 6.21. The van der Waals surface area contributed by atoms with Crippen molar-refractivity contribution in [1.82, 2.24) is 14.6 Å². The molecule has 2 heterocycles. The van der Waals surface area contributed by atoms with Crippen LogP contribution < -0.4 is 20.4 Å². The van der Waals surface area contributed by atoms with Crippen LogP contribution in [0.1, 0.15) is 16.8 Å². The van der Waals surface area contributed by atoms with Crippen molar-refractivity contribution >= 4 is 22.4 Å². The number of phenolic OH excluding ortho intramolecular Hbond substituents is 1. The number of nitrogens with zero attached hydrogens (tertiary/aromatic N) is 3. The number of rotatable bonds is 4. The average molecular weight is 411 g/mol. The van der Waals surface area contributed by atoms with Crippen LogP contribution in [0.25, 0.3) is 11.0 Å². The van der Waals surface area contributed by atoms with Crippen molar-refractivity contribution in [2.24, 2.45) is 0 Å². The molecule has 0 bridgehead atoms. The van der Waals surface area contributed by atoms with Crippen LogP contribution in [0.5, 0.6) is 11.5 Å². The smallest absolute Gasteiger partial charge is 0.296 e. The van der Waals surface area contributed by atoms with E-state index in [4.69, 9.17) is 4.74 Å². The number of thiazole rings is 1. The lowest BCUT2D eigenvalue weighted by atomic mass is 10.1. The van der Waals surface area contributed by atoms with Gasteiger partial charge in [-0.05, 0) is 41.5 Å². The summed E-state index contributed by atoms with van der Waals surface area (Å²) < 4.78 is 19.5. The van der Waals surface area contributed by atoms with Gasteiger partial charge in [0.2, 0.25) is 4.96 Å². The summed E-state index contributed by atoms with van der Waals surface area (Å²) in [5.41, 5.74) is 0.473. The summed E-state index contributed by atoms with van der Waals surface area (Å²) >= 11 is 1.04. The van der Waals surface area contributed by atoms with E-state index in [1.165, 1.54) is 25.3 Å². The zero-order valence-corrected chi connectivity index (χ0v) is 15.9. The number of phenols is 1. The standard InChI is InChI=1S/C20H14FN3O4S/c1-28-16-9-12(4-7-15(16)25)10-17-19(27)24-20(29-17)22-18(26)14(23-24)8-11-2-5-13(21)6-3-11/h2-7,9-10,25H,8H2,1H3. The lowest BCUT2D eigenvalue weighted by Crippen LogP contribution is -2.28. The van der Waals surface area contributed by atoms with Crippen LogP contribution in [0.3, 0.4) is 0 Å². The minimum atomic E-state index is -0.534. The first-order valence-corrected chi connectivity index (χ1v) is 9.32. The van der Waals surface area contributed by atoms with Gasteiger partial charge in [0.1, 0.15) is 11.5 Å². The zero-order valence-electron chi connectivity index (χ0n) is 15.1. The van der Waals surface area contributed by atoms with E-state index in [1.807, 2.05) is 0 Å². The highest BCUT2D eigenvalue weighted by atomic mass is 32.1. The van der Waals surface area contributed by atoms with Crippen LogP contribution in [0.2, 0.25) is 0 Å². The van der Waals surface area contributed by atoms with E-state index in [0.717, 1.165) is 15.9 Å². The lowest BCUT2D eigenvalue weighted by molar-refractivity contribution is 0.373. The van der Waals surface area contributed by atoms with Gasteiger partial charge in [-0.15, -0.1) is 0 Å². The van der Waals surface area contributed by atoms with Gasteiger partial charge in [0, 0.05) is 6.42 Å². The number of aromatic nitrogens is 3. The average Bonchev–Trinajstić information content (AvgIpc) is 3.00. The molecule has 0 saturated heterocycles. The Morgan fingerprint density at radius 3 is 2.69 bits per heavy atom. The van der Waals surface area contributed by atoms with Crippen LogP contribution in [0.4, 0.5) is 4.39 Å². The molecule has 0 amide bonds. The van der Waals surface area contributed by atoms with E-state index < -0.39 is 11.1 Å². The molecule has 0 aliphatic heterocycles. The predicted octanol–water partition coefficient (Wildman–Crippen LogP) is 1.50. The topological polar surface area (TPSA) is 93.8 Å². The number of hydrogen-bond acceptors (Lipinski definition) is 7. The maximum Gasteiger partial charge on any atom is 0.296 e. The molecular formula is C20H14FN3O4S. The van der Waals surface area contributed by atoms with Gasteiger partial charge in [-0.3, -0.25) is 9.59 Å². The third-order valence-corrected chi connectivity index (χ3v) is 5.20. The fourth-order valence-electron chi connectivity index (χ4n) is 2.78. The lowest BCUT2D eigenvalue weighted by Gasteiger charge is -2.03. The van der Waals surface area contributed by atoms with Gasteiger partial charge in [0.15, 0.2) is 11.5 Å². The second kappa shape index (κ2) is 7.44. The number of methoxy groups -OCH3 is 1. The number of hydrogen-bond donors (Lipinski definition) is 1. The van der Waals surface area contributed by atoms with Gasteiger partial charge in [0.05, 0.1) is 11.6 Å². The van der Waals surface area contributed by atoms with Crippen LogP contribution in [-0.4, -0.2) is 26.8 Å². The maximum atomic E-state index is 13.1. The van der Waals surface area contributed by atoms with Crippen LogP contribution in [0, 0.1) is 5.82 Å². The van der Waals surface area contributed by atoms with E-state index in [9.17, 15) is 19.1 Å². The first-order valence-electron chi connectivity index (χ1n) is 8.50. The molecule has 0 radical (unpaired) electrons. The minimum absolute atomic E-state index is 0.0116. The quantitative estimate of drug-likeness (QED) is 0.547. The highest BCUT2D eigenvalue weighted by Crippen LogP contribution is 2.26. The van der Waals surface area contributed by atoms with Gasteiger partial charge >= 0.3 is 0 Å². The molecule has 146 valence electrons. The Kier molecular flexibility index (Phi) is 4.81. The largest absolute Gasteiger partial charge is 0.504 e. The molecule has 0 spiro atoms. The summed E-state index contributed by atoms with van der Waals surface area (Å²) in [5.74, 6) is -0.111. The molecule has 0 aliphatic carbocycles. The Hall–Kier alpha value is -3.59. The Balaban J connectivity index is 1.78. The number of aromatic hydroxyl groups is 1. The van der Waals surface area contributed by atoms with Gasteiger partial charge in [-0.2, -0.15) is 14.6 Å². The maximum absolute atomic E-state index is 13.1. The highest BCUT2D eigenvalue weighted by Gasteiger charge is 2.12. The molecule has 4 rings (SSSR count). The van der Waals surface area contributed by atoms with Crippen LogP contribution in [0.15, 0.2) is 52.1 Å². The molecular weight excluding hydrogens is 397 g/mol. The van der Waals surface area contributed by atoms with Gasteiger partial charge in [0.25, 0.3) is 11.1 Å². The molecule has 7 nitrogen and oxygen atoms in total. The van der Waals surface area contributed by atoms with Crippen molar-refractivity contribution in [3.63, 3.8) is 0 Å². The van der Waals surface area contributed by atoms with Gasteiger partial charge < -0.3 is 9.84 Å². The molecule has 1 N–H and O–H groups in total. The van der Waals surface area contributed by atoms with Crippen molar-refractivity contribution < 1.29 is 14.2 Å². The number of fused-ring (bicyclic) bond motifs is 1. The summed E-state index contributed by atoms with van der Waals surface area (Å²) in [4.78, 5) is 29.2. The molecule has 0 unspecified atom stereocenters.